The van der Waals surface area contributed by atoms with Gasteiger partial charge in [-0.2, -0.15) is 0 Å². The average Bonchev–Trinajstić information content (AvgIpc) is 3.60. The SMILES string of the molecule is COc1ccc(CN2C(=O)C[C@@](COCc3ccccc3)(OC(=O)OC(C)(C)C)[C@H]2c2nccn2-c2ccc(F)c(Cl)c2)c(OC)c1. The third kappa shape index (κ3) is 7.69. The Morgan fingerprint density at radius 3 is 2.51 bits per heavy atom. The number of imidazole rings is 1. The van der Waals surface area contributed by atoms with Gasteiger partial charge >= 0.3 is 6.16 Å². The van der Waals surface area contributed by atoms with E-state index < -0.39 is 29.2 Å². The van der Waals surface area contributed by atoms with E-state index in [0.717, 1.165) is 5.56 Å². The zero-order valence-corrected chi connectivity index (χ0v) is 27.6. The number of hydrogen-bond donors (Lipinski definition) is 0. The average molecular weight is 666 g/mol. The number of aromatic nitrogens is 2. The molecule has 0 unspecified atom stereocenters. The highest BCUT2D eigenvalue weighted by atomic mass is 35.5. The molecule has 0 aliphatic carbocycles. The molecule has 5 rings (SSSR count). The summed E-state index contributed by atoms with van der Waals surface area (Å²) in [5.74, 6) is 0.494. The number of hydrogen-bond acceptors (Lipinski definition) is 8. The van der Waals surface area contributed by atoms with Crippen LogP contribution in [-0.2, 0) is 32.2 Å². The lowest BCUT2D eigenvalue weighted by Gasteiger charge is -2.37. The van der Waals surface area contributed by atoms with E-state index in [1.54, 1.807) is 74.0 Å². The maximum atomic E-state index is 14.2. The van der Waals surface area contributed by atoms with Crippen LogP contribution < -0.4 is 9.47 Å². The van der Waals surface area contributed by atoms with Crippen molar-refractivity contribution in [3.05, 3.63) is 107 Å². The first-order valence-electron chi connectivity index (χ1n) is 15.0. The fraction of sp³-hybridized carbons (Fsp3) is 0.343. The number of nitrogens with zero attached hydrogens (tertiary/aromatic N) is 3. The lowest BCUT2D eigenvalue weighted by molar-refractivity contribution is -0.129. The van der Waals surface area contributed by atoms with Crippen LogP contribution in [0.4, 0.5) is 9.18 Å². The molecule has 0 spiro atoms. The van der Waals surface area contributed by atoms with Gasteiger partial charge in [0.1, 0.15) is 34.8 Å². The van der Waals surface area contributed by atoms with Crippen molar-refractivity contribution >= 4 is 23.7 Å². The molecule has 0 N–H and O–H groups in total. The van der Waals surface area contributed by atoms with E-state index in [4.69, 9.17) is 35.3 Å². The second kappa shape index (κ2) is 14.0. The Kier molecular flexibility index (Phi) is 10.1. The molecule has 3 aromatic carbocycles. The molecule has 1 amide bonds. The molecule has 1 aliphatic rings. The molecule has 12 heteroatoms. The number of methoxy groups -OCH3 is 2. The molecular formula is C35H37ClFN3O7. The van der Waals surface area contributed by atoms with E-state index in [-0.39, 0.29) is 37.1 Å². The van der Waals surface area contributed by atoms with Crippen LogP contribution in [0.1, 0.15) is 50.2 Å². The second-order valence-corrected chi connectivity index (χ2v) is 12.5. The van der Waals surface area contributed by atoms with Gasteiger partial charge in [-0.05, 0) is 56.7 Å². The maximum absolute atomic E-state index is 14.2. The van der Waals surface area contributed by atoms with Crippen LogP contribution in [0.3, 0.4) is 0 Å². The standard InChI is InChI=1S/C35H37ClFN3O7/c1-34(2,3)46-33(42)47-35(22-45-21-23-9-7-6-8-10-23)19-30(41)40(20-24-11-13-26(43-4)18-29(24)44-5)31(35)32-38-15-16-39(32)25-12-14-28(37)27(36)17-25/h6-18,31H,19-22H2,1-5H3/t31-,35+/m1/s1. The van der Waals surface area contributed by atoms with Crippen molar-refractivity contribution in [3.63, 3.8) is 0 Å². The molecule has 1 aromatic heterocycles. The third-order valence-electron chi connectivity index (χ3n) is 7.65. The highest BCUT2D eigenvalue weighted by Gasteiger charge is 2.58. The number of carbonyl (C=O) groups is 2. The predicted octanol–water partition coefficient (Wildman–Crippen LogP) is 7.06. The largest absolute Gasteiger partial charge is 0.509 e. The number of benzene rings is 3. The van der Waals surface area contributed by atoms with Gasteiger partial charge in [0.25, 0.3) is 0 Å². The van der Waals surface area contributed by atoms with Crippen molar-refractivity contribution in [2.45, 2.75) is 57.6 Å². The molecule has 4 aromatic rings. The smallest absolute Gasteiger partial charge is 0.497 e. The molecule has 248 valence electrons. The van der Waals surface area contributed by atoms with Crippen molar-refractivity contribution in [1.82, 2.24) is 14.5 Å². The Bertz CT molecular complexity index is 1730. The van der Waals surface area contributed by atoms with Crippen molar-refractivity contribution in [2.24, 2.45) is 0 Å². The van der Waals surface area contributed by atoms with Crippen molar-refractivity contribution in [3.8, 4) is 17.2 Å². The molecule has 0 saturated carbocycles. The van der Waals surface area contributed by atoms with Crippen molar-refractivity contribution in [1.29, 1.82) is 0 Å². The number of carbonyl (C=O) groups excluding carboxylic acids is 2. The van der Waals surface area contributed by atoms with Crippen molar-refractivity contribution in [2.75, 3.05) is 20.8 Å². The van der Waals surface area contributed by atoms with Gasteiger partial charge in [0, 0.05) is 29.7 Å². The highest BCUT2D eigenvalue weighted by molar-refractivity contribution is 6.30. The molecule has 0 radical (unpaired) electrons. The molecule has 1 fully saturated rings. The van der Waals surface area contributed by atoms with E-state index >= 15 is 0 Å². The first-order valence-corrected chi connectivity index (χ1v) is 15.3. The summed E-state index contributed by atoms with van der Waals surface area (Å²) in [6.07, 6.45) is 2.01. The quantitative estimate of drug-likeness (QED) is 0.157. The third-order valence-corrected chi connectivity index (χ3v) is 7.93. The maximum Gasteiger partial charge on any atom is 0.509 e. The molecule has 1 aliphatic heterocycles. The van der Waals surface area contributed by atoms with Crippen molar-refractivity contribution < 1.29 is 37.7 Å². The normalized spacial score (nSPS) is 17.9. The number of rotatable bonds is 11. The van der Waals surface area contributed by atoms with E-state index in [0.29, 0.717) is 28.6 Å². The number of halogens is 2. The minimum atomic E-state index is -1.60. The topological polar surface area (TPSA) is 101 Å². The van der Waals surface area contributed by atoms with Gasteiger partial charge in [-0.1, -0.05) is 41.9 Å². The molecule has 47 heavy (non-hydrogen) atoms. The lowest BCUT2D eigenvalue weighted by Crippen LogP contribution is -2.47. The fourth-order valence-corrected chi connectivity index (χ4v) is 5.75. The zero-order valence-electron chi connectivity index (χ0n) is 26.9. The Morgan fingerprint density at radius 1 is 1.06 bits per heavy atom. The van der Waals surface area contributed by atoms with Gasteiger partial charge in [-0.3, -0.25) is 4.79 Å². The van der Waals surface area contributed by atoms with Gasteiger partial charge in [0.2, 0.25) is 5.91 Å². The summed E-state index contributed by atoms with van der Waals surface area (Å²) >= 11 is 6.17. The van der Waals surface area contributed by atoms with Gasteiger partial charge in [-0.15, -0.1) is 0 Å². The molecule has 10 nitrogen and oxygen atoms in total. The number of ether oxygens (including phenoxy) is 5. The molecular weight excluding hydrogens is 629 g/mol. The zero-order chi connectivity index (χ0) is 33.8. The molecule has 0 bridgehead atoms. The predicted molar refractivity (Wildman–Crippen MR) is 172 cm³/mol. The monoisotopic (exact) mass is 665 g/mol. The number of amides is 1. The summed E-state index contributed by atoms with van der Waals surface area (Å²) in [4.78, 5) is 33.8. The van der Waals surface area contributed by atoms with Gasteiger partial charge in [0.15, 0.2) is 5.60 Å². The second-order valence-electron chi connectivity index (χ2n) is 12.1. The summed E-state index contributed by atoms with van der Waals surface area (Å²) in [5.41, 5.74) is -0.417. The Hall–Kier alpha value is -4.61. The Labute approximate surface area is 277 Å². The van der Waals surface area contributed by atoms with E-state index in [1.165, 1.54) is 19.2 Å². The first-order chi connectivity index (χ1) is 22.4. The van der Waals surface area contributed by atoms with Gasteiger partial charge < -0.3 is 33.2 Å². The van der Waals surface area contributed by atoms with Crippen LogP contribution >= 0.6 is 11.6 Å². The molecule has 2 atom stereocenters. The van der Waals surface area contributed by atoms with Crippen LogP contribution in [0, 0.1) is 5.82 Å². The molecule has 1 saturated heterocycles. The minimum absolute atomic E-state index is 0.0613. The summed E-state index contributed by atoms with van der Waals surface area (Å²) < 4.78 is 44.8. The summed E-state index contributed by atoms with van der Waals surface area (Å²) in [7, 11) is 3.08. The van der Waals surface area contributed by atoms with E-state index in [1.807, 2.05) is 30.3 Å². The number of likely N-dealkylation sites (tertiary alicyclic amines) is 1. The summed E-state index contributed by atoms with van der Waals surface area (Å²) in [6, 6.07) is 18.0. The van der Waals surface area contributed by atoms with Crippen LogP contribution in [0.5, 0.6) is 11.5 Å². The lowest BCUT2D eigenvalue weighted by atomic mass is 9.93. The summed E-state index contributed by atoms with van der Waals surface area (Å²) in [6.45, 7) is 5.23. The Balaban J connectivity index is 1.63. The molecule has 2 heterocycles. The fourth-order valence-electron chi connectivity index (χ4n) is 5.58. The van der Waals surface area contributed by atoms with E-state index in [9.17, 15) is 14.0 Å². The van der Waals surface area contributed by atoms with Gasteiger partial charge in [0.05, 0.1) is 45.4 Å². The first kappa shape index (κ1) is 33.7. The highest BCUT2D eigenvalue weighted by Crippen LogP contribution is 2.46. The van der Waals surface area contributed by atoms with Crippen LogP contribution in [-0.4, -0.2) is 58.5 Å². The summed E-state index contributed by atoms with van der Waals surface area (Å²) in [5, 5.41) is -0.0908. The van der Waals surface area contributed by atoms with Crippen LogP contribution in [0.25, 0.3) is 5.69 Å². The van der Waals surface area contributed by atoms with E-state index in [2.05, 4.69) is 4.98 Å². The van der Waals surface area contributed by atoms with Gasteiger partial charge in [-0.25, -0.2) is 14.2 Å². The Morgan fingerprint density at radius 2 is 1.83 bits per heavy atom. The van der Waals surface area contributed by atoms with Crippen LogP contribution in [0.2, 0.25) is 5.02 Å². The minimum Gasteiger partial charge on any atom is -0.497 e. The van der Waals surface area contributed by atoms with Crippen LogP contribution in [0.15, 0.2) is 79.1 Å².